The van der Waals surface area contributed by atoms with Crippen molar-refractivity contribution in [2.24, 2.45) is 17.3 Å². The molecule has 2 saturated heterocycles. The molecule has 0 aromatic heterocycles. The van der Waals surface area contributed by atoms with E-state index in [9.17, 15) is 24.0 Å². The van der Waals surface area contributed by atoms with Crippen molar-refractivity contribution in [3.8, 4) is 0 Å². The van der Waals surface area contributed by atoms with Crippen LogP contribution in [-0.2, 0) is 54.1 Å². The highest BCUT2D eigenvalue weighted by Gasteiger charge is 2.51. The van der Waals surface area contributed by atoms with Crippen LogP contribution in [0.5, 0.6) is 0 Å². The molecule has 6 atom stereocenters. The normalized spacial score (nSPS) is 24.3. The summed E-state index contributed by atoms with van der Waals surface area (Å²) in [6.45, 7) is 20.3. The molecule has 326 valence electrons. The smallest absolute Gasteiger partial charge is 0.303 e. The van der Waals surface area contributed by atoms with Crippen molar-refractivity contribution in [2.45, 2.75) is 125 Å². The van der Waals surface area contributed by atoms with Crippen LogP contribution in [0.2, 0.25) is 0 Å². The van der Waals surface area contributed by atoms with Gasteiger partial charge in [-0.15, -0.1) is 0 Å². The number of hydrogen-bond acceptors (Lipinski definition) is 11. The summed E-state index contributed by atoms with van der Waals surface area (Å²) in [5, 5.41) is 3.01. The van der Waals surface area contributed by atoms with Gasteiger partial charge in [-0.3, -0.25) is 24.0 Å². The summed E-state index contributed by atoms with van der Waals surface area (Å²) in [6.07, 6.45) is 5.24. The highest BCUT2D eigenvalue weighted by Crippen LogP contribution is 2.45. The van der Waals surface area contributed by atoms with Gasteiger partial charge in [0.15, 0.2) is 6.10 Å². The first kappa shape index (κ1) is 47.2. The van der Waals surface area contributed by atoms with Crippen LogP contribution in [0.4, 0.5) is 0 Å². The van der Waals surface area contributed by atoms with Gasteiger partial charge >= 0.3 is 17.9 Å². The van der Waals surface area contributed by atoms with E-state index in [4.69, 9.17) is 23.7 Å². The highest BCUT2D eigenvalue weighted by atomic mass is 16.6. The molecule has 0 bridgehead atoms. The van der Waals surface area contributed by atoms with Crippen molar-refractivity contribution in [1.82, 2.24) is 15.1 Å². The Morgan fingerprint density at radius 3 is 2.20 bits per heavy atom. The Hall–Kier alpha value is -4.49. The zero-order valence-corrected chi connectivity index (χ0v) is 37.3. The molecule has 0 spiro atoms. The van der Waals surface area contributed by atoms with E-state index in [1.807, 2.05) is 44.0 Å². The number of hydrogen-bond donors (Lipinski definition) is 1. The summed E-state index contributed by atoms with van der Waals surface area (Å²) in [4.78, 5) is 67.5. The number of nitrogens with one attached hydrogen (secondary N) is 1. The number of piperazine rings is 1. The van der Waals surface area contributed by atoms with Crippen molar-refractivity contribution < 1.29 is 47.7 Å². The van der Waals surface area contributed by atoms with Crippen LogP contribution in [0.1, 0.15) is 98.3 Å². The zero-order valence-electron chi connectivity index (χ0n) is 37.3. The number of benzene rings is 1. The van der Waals surface area contributed by atoms with Gasteiger partial charge in [-0.05, 0) is 88.8 Å². The second-order valence-corrected chi connectivity index (χ2v) is 17.4. The van der Waals surface area contributed by atoms with Crippen LogP contribution < -0.4 is 5.32 Å². The lowest BCUT2D eigenvalue weighted by Crippen LogP contribution is -2.60. The van der Waals surface area contributed by atoms with Gasteiger partial charge in [0.25, 0.3) is 0 Å². The largest absolute Gasteiger partial charge is 0.501 e. The molecule has 1 aromatic carbocycles. The number of carbonyl (C=O) groups is 5. The molecule has 4 rings (SSSR count). The van der Waals surface area contributed by atoms with Crippen LogP contribution in [-0.4, -0.2) is 116 Å². The molecule has 2 aliphatic heterocycles. The summed E-state index contributed by atoms with van der Waals surface area (Å²) in [7, 11) is 3.65. The van der Waals surface area contributed by atoms with E-state index in [1.165, 1.54) is 26.3 Å². The number of allylic oxidation sites excluding steroid dienone is 3. The van der Waals surface area contributed by atoms with Crippen LogP contribution in [0.3, 0.4) is 0 Å². The van der Waals surface area contributed by atoms with Crippen molar-refractivity contribution in [2.75, 3.05) is 46.9 Å². The number of rotatable bonds is 15. The van der Waals surface area contributed by atoms with Crippen molar-refractivity contribution in [3.63, 3.8) is 0 Å². The van der Waals surface area contributed by atoms with Gasteiger partial charge < -0.3 is 38.8 Å². The molecular weight excluding hydrogens is 755 g/mol. The standard InChI is InChI=1S/C46H67N3O10/c1-13-14-35-25-38(55-12)40(42-41(58-32(6)52)39(57-31(5)51)26-36(59-42)27-56-30(4)50)29(3)37(35)24-34-16-15-33(23-28(34)2)17-18-45(7,8)43(53)47-46(9,10)44(54)49-21-19-48(11)20-22-49/h15-18,23,25,29,36,39-42H,13-14,19-22,24,26-27H2,1-12H3,(H,47,53)/b18-17+/t29?,36-,39-,40?,41+,42-/m0/s1. The molecule has 2 amide bonds. The lowest BCUT2D eigenvalue weighted by Gasteiger charge is -2.46. The minimum atomic E-state index is -1.05. The molecule has 3 aliphatic rings. The molecule has 2 unspecified atom stereocenters. The van der Waals surface area contributed by atoms with Gasteiger partial charge in [-0.2, -0.15) is 0 Å². The Morgan fingerprint density at radius 2 is 1.63 bits per heavy atom. The summed E-state index contributed by atoms with van der Waals surface area (Å²) in [5.74, 6) is -1.77. The van der Waals surface area contributed by atoms with E-state index in [2.05, 4.69) is 49.2 Å². The molecule has 59 heavy (non-hydrogen) atoms. The van der Waals surface area contributed by atoms with Gasteiger partial charge in [0.05, 0.1) is 24.5 Å². The minimum Gasteiger partial charge on any atom is -0.501 e. The van der Waals surface area contributed by atoms with E-state index in [0.717, 1.165) is 48.2 Å². The highest BCUT2D eigenvalue weighted by molar-refractivity contribution is 5.93. The van der Waals surface area contributed by atoms with Gasteiger partial charge in [-0.25, -0.2) is 0 Å². The Kier molecular flexibility index (Phi) is 16.1. The van der Waals surface area contributed by atoms with Gasteiger partial charge in [0.1, 0.15) is 30.1 Å². The van der Waals surface area contributed by atoms with Crippen molar-refractivity contribution in [3.05, 3.63) is 63.9 Å². The Labute approximate surface area is 350 Å². The molecule has 1 aromatic rings. The van der Waals surface area contributed by atoms with E-state index in [0.29, 0.717) is 25.3 Å². The van der Waals surface area contributed by atoms with E-state index in [-0.39, 0.29) is 30.8 Å². The summed E-state index contributed by atoms with van der Waals surface area (Å²) in [6, 6.07) is 6.25. The fourth-order valence-electron chi connectivity index (χ4n) is 8.27. The zero-order chi connectivity index (χ0) is 43.8. The summed E-state index contributed by atoms with van der Waals surface area (Å²) >= 11 is 0. The summed E-state index contributed by atoms with van der Waals surface area (Å²) < 4.78 is 29.6. The van der Waals surface area contributed by atoms with Crippen molar-refractivity contribution >= 4 is 35.8 Å². The third kappa shape index (κ3) is 12.3. The monoisotopic (exact) mass is 821 g/mol. The first-order chi connectivity index (χ1) is 27.7. The second kappa shape index (κ2) is 20.2. The molecule has 0 radical (unpaired) electrons. The number of carbonyl (C=O) groups excluding carboxylic acids is 5. The fourth-order valence-corrected chi connectivity index (χ4v) is 8.27. The maximum absolute atomic E-state index is 13.6. The number of nitrogens with zero attached hydrogens (tertiary/aromatic N) is 2. The number of ether oxygens (including phenoxy) is 5. The van der Waals surface area contributed by atoms with Crippen LogP contribution in [0, 0.1) is 24.2 Å². The van der Waals surface area contributed by atoms with Crippen LogP contribution in [0.15, 0.2) is 47.3 Å². The minimum absolute atomic E-state index is 0.0519. The third-order valence-corrected chi connectivity index (χ3v) is 11.7. The topological polar surface area (TPSA) is 150 Å². The maximum Gasteiger partial charge on any atom is 0.303 e. The molecule has 2 fully saturated rings. The lowest BCUT2D eigenvalue weighted by atomic mass is 9.71. The summed E-state index contributed by atoms with van der Waals surface area (Å²) in [5.41, 5.74) is 3.55. The van der Waals surface area contributed by atoms with Gasteiger partial charge in [-0.1, -0.05) is 56.2 Å². The molecule has 0 saturated carbocycles. The van der Waals surface area contributed by atoms with Gasteiger partial charge in [0, 0.05) is 53.4 Å². The number of likely N-dealkylation sites (N-methyl/N-ethyl adjacent to an activating group) is 1. The van der Waals surface area contributed by atoms with Gasteiger partial charge in [0.2, 0.25) is 11.8 Å². The lowest BCUT2D eigenvalue weighted by molar-refractivity contribution is -0.223. The SMILES string of the molecule is CCCC1=C(Cc2ccc(/C=C/C(C)(C)C(=O)NC(C)(C)C(=O)N3CCN(C)CC3)cc2C)C(C)C([C@@H]2O[C@H](COC(C)=O)C[C@H](OC(C)=O)[C@H]2OC(C)=O)C(OC)=C1. The quantitative estimate of drug-likeness (QED) is 0.171. The number of methoxy groups -OCH3 is 1. The Balaban J connectivity index is 1.59. The first-order valence-electron chi connectivity index (χ1n) is 20.9. The molecule has 13 heteroatoms. The fraction of sp³-hybridized carbons (Fsp3) is 0.630. The number of amides is 2. The Morgan fingerprint density at radius 1 is 0.966 bits per heavy atom. The first-order valence-corrected chi connectivity index (χ1v) is 20.9. The average Bonchev–Trinajstić information content (AvgIpc) is 3.15. The van der Waals surface area contributed by atoms with E-state index >= 15 is 0 Å². The maximum atomic E-state index is 13.6. The molecule has 13 nitrogen and oxygen atoms in total. The predicted octanol–water partition coefficient (Wildman–Crippen LogP) is 5.72. The van der Waals surface area contributed by atoms with Crippen LogP contribution >= 0.6 is 0 Å². The molecular formula is C46H67N3O10. The predicted molar refractivity (Wildman–Crippen MR) is 225 cm³/mol. The number of aryl methyl sites for hydroxylation is 1. The van der Waals surface area contributed by atoms with Crippen molar-refractivity contribution in [1.29, 1.82) is 0 Å². The average molecular weight is 822 g/mol. The Bertz CT molecular complexity index is 1800. The third-order valence-electron chi connectivity index (χ3n) is 11.7. The van der Waals surface area contributed by atoms with Crippen LogP contribution in [0.25, 0.3) is 6.08 Å². The molecule has 2 heterocycles. The molecule has 1 aliphatic carbocycles. The number of esters is 3. The molecule has 1 N–H and O–H groups in total. The second-order valence-electron chi connectivity index (χ2n) is 17.4. The van der Waals surface area contributed by atoms with E-state index < -0.39 is 59.2 Å². The van der Waals surface area contributed by atoms with E-state index in [1.54, 1.807) is 21.0 Å².